The quantitative estimate of drug-likeness (QED) is 0.436. The first-order chi connectivity index (χ1) is 11.3. The molecule has 1 atom stereocenters. The predicted molar refractivity (Wildman–Crippen MR) is 95.7 cm³/mol. The van der Waals surface area contributed by atoms with E-state index < -0.39 is 0 Å². The highest BCUT2D eigenvalue weighted by Crippen LogP contribution is 2.10. The van der Waals surface area contributed by atoms with Crippen LogP contribution in [0.2, 0.25) is 0 Å². The zero-order valence-electron chi connectivity index (χ0n) is 14.4. The minimum atomic E-state index is 0.338. The largest absolute Gasteiger partial charge is 0.376 e. The Morgan fingerprint density at radius 1 is 1.30 bits per heavy atom. The second kappa shape index (κ2) is 10.2. The van der Waals surface area contributed by atoms with Crippen LogP contribution in [-0.2, 0) is 11.3 Å². The maximum atomic E-state index is 5.61. The van der Waals surface area contributed by atoms with Gasteiger partial charge in [0, 0.05) is 33.3 Å². The molecule has 23 heavy (non-hydrogen) atoms. The lowest BCUT2D eigenvalue weighted by molar-refractivity contribution is 0.114. The van der Waals surface area contributed by atoms with Crippen molar-refractivity contribution in [3.63, 3.8) is 0 Å². The number of nitrogens with zero attached hydrogens (tertiary/aromatic N) is 2. The van der Waals surface area contributed by atoms with Gasteiger partial charge in [0.1, 0.15) is 0 Å². The number of guanidine groups is 1. The first-order valence-corrected chi connectivity index (χ1v) is 8.56. The van der Waals surface area contributed by atoms with Crippen LogP contribution in [0.4, 0.5) is 0 Å². The maximum Gasteiger partial charge on any atom is 0.191 e. The Balaban J connectivity index is 1.56. The van der Waals surface area contributed by atoms with E-state index in [1.165, 1.54) is 12.0 Å². The van der Waals surface area contributed by atoms with Crippen LogP contribution in [0.3, 0.4) is 0 Å². The highest BCUT2D eigenvalue weighted by molar-refractivity contribution is 5.79. The molecule has 128 valence electrons. The van der Waals surface area contributed by atoms with E-state index in [1.54, 1.807) is 0 Å². The van der Waals surface area contributed by atoms with Crippen LogP contribution < -0.4 is 10.6 Å². The van der Waals surface area contributed by atoms with Gasteiger partial charge >= 0.3 is 0 Å². The van der Waals surface area contributed by atoms with Crippen LogP contribution in [0.25, 0.3) is 0 Å². The van der Waals surface area contributed by atoms with Crippen LogP contribution in [0.5, 0.6) is 0 Å². The summed E-state index contributed by atoms with van der Waals surface area (Å²) in [6.07, 6.45) is 3.75. The average molecular weight is 318 g/mol. The van der Waals surface area contributed by atoms with Crippen LogP contribution in [-0.4, -0.2) is 57.3 Å². The van der Waals surface area contributed by atoms with E-state index in [0.717, 1.165) is 51.6 Å². The first-order valence-electron chi connectivity index (χ1n) is 8.56. The maximum absolute atomic E-state index is 5.61. The molecule has 1 aliphatic heterocycles. The molecule has 1 fully saturated rings. The Bertz CT molecular complexity index is 457. The Kier molecular flexibility index (Phi) is 7.90. The summed E-state index contributed by atoms with van der Waals surface area (Å²) < 4.78 is 5.61. The fraction of sp³-hybridized carbons (Fsp3) is 0.611. The van der Waals surface area contributed by atoms with Gasteiger partial charge in [0.25, 0.3) is 0 Å². The molecule has 1 heterocycles. The van der Waals surface area contributed by atoms with E-state index in [-0.39, 0.29) is 0 Å². The van der Waals surface area contributed by atoms with Crippen molar-refractivity contribution in [1.82, 2.24) is 15.5 Å². The number of nitrogens with one attached hydrogen (secondary N) is 2. The van der Waals surface area contributed by atoms with Crippen molar-refractivity contribution in [2.75, 3.05) is 40.3 Å². The molecule has 0 aromatic heterocycles. The Morgan fingerprint density at radius 3 is 2.83 bits per heavy atom. The summed E-state index contributed by atoms with van der Waals surface area (Å²) >= 11 is 0. The fourth-order valence-corrected chi connectivity index (χ4v) is 2.77. The van der Waals surface area contributed by atoms with Crippen LogP contribution in [0.15, 0.2) is 35.3 Å². The van der Waals surface area contributed by atoms with Gasteiger partial charge in [-0.25, -0.2) is 0 Å². The van der Waals surface area contributed by atoms with E-state index >= 15 is 0 Å². The average Bonchev–Trinajstić information content (AvgIpc) is 3.08. The molecule has 0 aliphatic carbocycles. The van der Waals surface area contributed by atoms with Crippen molar-refractivity contribution < 1.29 is 4.74 Å². The lowest BCUT2D eigenvalue weighted by Crippen LogP contribution is -2.41. The molecular weight excluding hydrogens is 288 g/mol. The van der Waals surface area contributed by atoms with Gasteiger partial charge in [0.15, 0.2) is 5.96 Å². The van der Waals surface area contributed by atoms with Crippen molar-refractivity contribution in [3.8, 4) is 0 Å². The summed E-state index contributed by atoms with van der Waals surface area (Å²) in [6.45, 7) is 4.71. The number of aliphatic imine (C=N–C) groups is 1. The second-order valence-electron chi connectivity index (χ2n) is 6.09. The molecule has 1 aromatic rings. The molecule has 5 heteroatoms. The van der Waals surface area contributed by atoms with Gasteiger partial charge in [0.05, 0.1) is 6.10 Å². The molecule has 5 nitrogen and oxygen atoms in total. The van der Waals surface area contributed by atoms with Crippen LogP contribution in [0.1, 0.15) is 24.8 Å². The topological polar surface area (TPSA) is 48.9 Å². The van der Waals surface area contributed by atoms with Gasteiger partial charge < -0.3 is 20.3 Å². The Morgan fingerprint density at radius 2 is 2.13 bits per heavy atom. The Hall–Kier alpha value is -1.59. The van der Waals surface area contributed by atoms with Gasteiger partial charge in [-0.15, -0.1) is 0 Å². The van der Waals surface area contributed by atoms with Gasteiger partial charge in [0.2, 0.25) is 0 Å². The van der Waals surface area contributed by atoms with Crippen molar-refractivity contribution in [2.45, 2.75) is 31.9 Å². The highest BCUT2D eigenvalue weighted by atomic mass is 16.5. The standard InChI is InChI=1S/C18H30N4O/c1-19-18(21-14-17-10-6-13-23-17)20-11-7-12-22(2)15-16-8-4-3-5-9-16/h3-5,8-9,17H,6-7,10-15H2,1-2H3,(H2,19,20,21). The summed E-state index contributed by atoms with van der Waals surface area (Å²) in [4.78, 5) is 6.61. The molecule has 1 aliphatic rings. The van der Waals surface area contributed by atoms with Gasteiger partial charge in [-0.2, -0.15) is 0 Å². The zero-order valence-corrected chi connectivity index (χ0v) is 14.4. The van der Waals surface area contributed by atoms with E-state index in [9.17, 15) is 0 Å². The summed E-state index contributed by atoms with van der Waals surface area (Å²) in [7, 11) is 3.98. The SMILES string of the molecule is CN=C(NCCCN(C)Cc1ccccc1)NCC1CCCO1. The molecule has 0 amide bonds. The molecule has 0 radical (unpaired) electrons. The summed E-state index contributed by atoms with van der Waals surface area (Å²) in [5.41, 5.74) is 1.36. The van der Waals surface area contributed by atoms with E-state index in [2.05, 4.69) is 57.9 Å². The lowest BCUT2D eigenvalue weighted by Gasteiger charge is -2.18. The zero-order chi connectivity index (χ0) is 16.3. The Labute approximate surface area is 140 Å². The van der Waals surface area contributed by atoms with Crippen LogP contribution in [0, 0.1) is 0 Å². The minimum absolute atomic E-state index is 0.338. The van der Waals surface area contributed by atoms with E-state index in [4.69, 9.17) is 4.74 Å². The summed E-state index contributed by atoms with van der Waals surface area (Å²) in [6, 6.07) is 10.6. The number of benzene rings is 1. The second-order valence-corrected chi connectivity index (χ2v) is 6.09. The van der Waals surface area contributed by atoms with E-state index in [1.807, 2.05) is 7.05 Å². The molecule has 0 spiro atoms. The number of ether oxygens (including phenoxy) is 1. The number of rotatable bonds is 8. The summed E-state index contributed by atoms with van der Waals surface area (Å²) in [5.74, 6) is 0.867. The third-order valence-electron chi connectivity index (χ3n) is 4.05. The molecule has 1 saturated heterocycles. The van der Waals surface area contributed by atoms with Crippen molar-refractivity contribution in [2.24, 2.45) is 4.99 Å². The summed E-state index contributed by atoms with van der Waals surface area (Å²) in [5, 5.41) is 6.71. The van der Waals surface area contributed by atoms with Gasteiger partial charge in [-0.1, -0.05) is 30.3 Å². The third kappa shape index (κ3) is 7.01. The number of hydrogen-bond acceptors (Lipinski definition) is 3. The highest BCUT2D eigenvalue weighted by Gasteiger charge is 2.15. The molecular formula is C18H30N4O. The predicted octanol–water partition coefficient (Wildman–Crippen LogP) is 1.85. The smallest absolute Gasteiger partial charge is 0.191 e. The van der Waals surface area contributed by atoms with E-state index in [0.29, 0.717) is 6.10 Å². The van der Waals surface area contributed by atoms with Crippen molar-refractivity contribution in [1.29, 1.82) is 0 Å². The molecule has 2 N–H and O–H groups in total. The third-order valence-corrected chi connectivity index (χ3v) is 4.05. The van der Waals surface area contributed by atoms with Crippen LogP contribution >= 0.6 is 0 Å². The molecule has 0 bridgehead atoms. The van der Waals surface area contributed by atoms with Gasteiger partial charge in [-0.05, 0) is 38.4 Å². The molecule has 1 aromatic carbocycles. The monoisotopic (exact) mass is 318 g/mol. The van der Waals surface area contributed by atoms with Gasteiger partial charge in [-0.3, -0.25) is 4.99 Å². The minimum Gasteiger partial charge on any atom is -0.376 e. The molecule has 0 saturated carbocycles. The number of hydrogen-bond donors (Lipinski definition) is 2. The van der Waals surface area contributed by atoms with Crippen molar-refractivity contribution >= 4 is 5.96 Å². The normalized spacial score (nSPS) is 18.4. The van der Waals surface area contributed by atoms with Crippen molar-refractivity contribution in [3.05, 3.63) is 35.9 Å². The fourth-order valence-electron chi connectivity index (χ4n) is 2.77. The molecule has 1 unspecified atom stereocenters. The molecule has 2 rings (SSSR count). The lowest BCUT2D eigenvalue weighted by atomic mass is 10.2. The first kappa shape index (κ1) is 17.8.